The maximum atomic E-state index is 12.0. The summed E-state index contributed by atoms with van der Waals surface area (Å²) in [4.78, 5) is 23.3. The Morgan fingerprint density at radius 3 is 2.20 bits per heavy atom. The van der Waals surface area contributed by atoms with E-state index in [0.717, 1.165) is 0 Å². The van der Waals surface area contributed by atoms with Crippen LogP contribution in [0.1, 0.15) is 26.7 Å². The summed E-state index contributed by atoms with van der Waals surface area (Å²) in [6.07, 6.45) is 6.71. The van der Waals surface area contributed by atoms with Gasteiger partial charge in [0.2, 0.25) is 5.91 Å². The lowest BCUT2D eigenvalue weighted by Crippen LogP contribution is -2.28. The first-order chi connectivity index (χ1) is 14.0. The van der Waals surface area contributed by atoms with Crippen LogP contribution < -0.4 is 10.6 Å². The predicted molar refractivity (Wildman–Crippen MR) is 123 cm³/mol. The van der Waals surface area contributed by atoms with Crippen molar-refractivity contribution >= 4 is 23.4 Å². The van der Waals surface area contributed by atoms with Gasteiger partial charge in [-0.05, 0) is 30.1 Å². The normalized spacial score (nSPS) is 10.5. The molecule has 166 valence electrons. The Kier molecular flexibility index (Phi) is 17.8. The first-order valence-corrected chi connectivity index (χ1v) is 9.56. The number of allylic oxidation sites excluding steroid dienone is 5. The first kappa shape index (κ1) is 29.3. The van der Waals surface area contributed by atoms with Gasteiger partial charge in [0, 0.05) is 18.7 Å². The highest BCUT2D eigenvalue weighted by Gasteiger charge is 2.07. The SMILES string of the molecule is C=CC(=C)CNC(=O)CCC(=C)NC(=O)COC(=C)/C=C\C(Cl)=C\F.C=CC(C)C. The highest BCUT2D eigenvalue weighted by Crippen LogP contribution is 2.06. The lowest BCUT2D eigenvalue weighted by atomic mass is 10.2. The van der Waals surface area contributed by atoms with Gasteiger partial charge in [-0.1, -0.05) is 63.9 Å². The van der Waals surface area contributed by atoms with E-state index >= 15 is 0 Å². The molecule has 7 heteroatoms. The van der Waals surface area contributed by atoms with Crippen LogP contribution in [0.3, 0.4) is 0 Å². The smallest absolute Gasteiger partial charge is 0.262 e. The standard InChI is InChI=1S/C18H22ClFN2O3.C5H10/c1-5-13(2)11-21-17(23)9-6-14(3)22-18(24)12-25-15(4)7-8-16(19)10-20;1-4-5(2)3/h5,7-8,10H,1-4,6,9,11-12H2,(H,21,23)(H,22,24);4-5H,1H2,2-3H3/b8-7-,16-10-;. The number of amides is 2. The van der Waals surface area contributed by atoms with Crippen LogP contribution in [-0.4, -0.2) is 25.0 Å². The fourth-order valence-corrected chi connectivity index (χ4v) is 1.41. The number of ether oxygens (including phenoxy) is 1. The van der Waals surface area contributed by atoms with Gasteiger partial charge in [-0.2, -0.15) is 0 Å². The minimum Gasteiger partial charge on any atom is -0.484 e. The van der Waals surface area contributed by atoms with Crippen LogP contribution in [0.25, 0.3) is 0 Å². The van der Waals surface area contributed by atoms with Crippen molar-refractivity contribution in [3.05, 3.63) is 85.6 Å². The van der Waals surface area contributed by atoms with Crippen LogP contribution in [0.5, 0.6) is 0 Å². The minimum absolute atomic E-state index is 0.127. The van der Waals surface area contributed by atoms with Gasteiger partial charge in [0.25, 0.3) is 5.91 Å². The van der Waals surface area contributed by atoms with Gasteiger partial charge in [-0.15, -0.1) is 6.58 Å². The van der Waals surface area contributed by atoms with Gasteiger partial charge in [0.1, 0.15) is 12.1 Å². The van der Waals surface area contributed by atoms with Crippen LogP contribution in [0, 0.1) is 5.92 Å². The van der Waals surface area contributed by atoms with Crippen molar-refractivity contribution in [3.8, 4) is 0 Å². The van der Waals surface area contributed by atoms with E-state index in [-0.39, 0.29) is 42.5 Å². The zero-order valence-corrected chi connectivity index (χ0v) is 18.6. The molecule has 0 saturated carbocycles. The van der Waals surface area contributed by atoms with E-state index < -0.39 is 5.91 Å². The molecule has 0 aliphatic heterocycles. The quantitative estimate of drug-likeness (QED) is 0.235. The summed E-state index contributed by atoms with van der Waals surface area (Å²) in [5.41, 5.74) is 1.09. The van der Waals surface area contributed by atoms with Crippen molar-refractivity contribution in [2.75, 3.05) is 13.2 Å². The summed E-state index contributed by atoms with van der Waals surface area (Å²) in [6.45, 7) is 22.2. The molecule has 0 radical (unpaired) electrons. The number of hydrogen-bond donors (Lipinski definition) is 2. The van der Waals surface area contributed by atoms with E-state index in [1.165, 1.54) is 12.2 Å². The van der Waals surface area contributed by atoms with Crippen molar-refractivity contribution in [2.45, 2.75) is 26.7 Å². The zero-order chi connectivity index (χ0) is 23.5. The number of halogens is 2. The molecule has 0 aromatic heterocycles. The molecule has 0 saturated heterocycles. The van der Waals surface area contributed by atoms with E-state index in [1.54, 1.807) is 6.08 Å². The molecule has 2 amide bonds. The molecule has 0 aliphatic carbocycles. The van der Waals surface area contributed by atoms with Gasteiger partial charge in [0.15, 0.2) is 6.61 Å². The number of carbonyl (C=O) groups excluding carboxylic acids is 2. The van der Waals surface area contributed by atoms with Gasteiger partial charge >= 0.3 is 0 Å². The number of hydrogen-bond acceptors (Lipinski definition) is 3. The van der Waals surface area contributed by atoms with Crippen LogP contribution in [0.4, 0.5) is 4.39 Å². The summed E-state index contributed by atoms with van der Waals surface area (Å²) in [5, 5.41) is 5.04. The molecule has 0 aliphatic rings. The van der Waals surface area contributed by atoms with Crippen molar-refractivity contribution < 1.29 is 18.7 Å². The second-order valence-electron chi connectivity index (χ2n) is 6.35. The predicted octanol–water partition coefficient (Wildman–Crippen LogP) is 5.22. The lowest BCUT2D eigenvalue weighted by Gasteiger charge is -2.10. The molecule has 0 heterocycles. The van der Waals surface area contributed by atoms with E-state index in [0.29, 0.717) is 23.7 Å². The van der Waals surface area contributed by atoms with Gasteiger partial charge in [-0.25, -0.2) is 4.39 Å². The molecule has 0 aromatic carbocycles. The molecule has 2 N–H and O–H groups in total. The number of carbonyl (C=O) groups is 2. The maximum Gasteiger partial charge on any atom is 0.262 e. The van der Waals surface area contributed by atoms with Crippen molar-refractivity contribution in [2.24, 2.45) is 5.92 Å². The van der Waals surface area contributed by atoms with Gasteiger partial charge in [-0.3, -0.25) is 9.59 Å². The third-order valence-corrected chi connectivity index (χ3v) is 3.37. The summed E-state index contributed by atoms with van der Waals surface area (Å²) >= 11 is 5.42. The molecule has 0 bridgehead atoms. The highest BCUT2D eigenvalue weighted by molar-refractivity contribution is 6.31. The molecule has 5 nitrogen and oxygen atoms in total. The first-order valence-electron chi connectivity index (χ1n) is 9.18. The zero-order valence-electron chi connectivity index (χ0n) is 17.8. The van der Waals surface area contributed by atoms with Gasteiger partial charge in [0.05, 0.1) is 5.03 Å². The average Bonchev–Trinajstić information content (AvgIpc) is 2.72. The Morgan fingerprint density at radius 2 is 1.70 bits per heavy atom. The third kappa shape index (κ3) is 19.9. The number of nitrogens with one attached hydrogen (secondary N) is 2. The largest absolute Gasteiger partial charge is 0.484 e. The highest BCUT2D eigenvalue weighted by atomic mass is 35.5. The molecule has 0 spiro atoms. The van der Waals surface area contributed by atoms with Gasteiger partial charge < -0.3 is 15.4 Å². The molecule has 0 atom stereocenters. The van der Waals surface area contributed by atoms with Crippen LogP contribution in [0.15, 0.2) is 85.6 Å². The molecule has 0 rings (SSSR count). The molecule has 0 aromatic rings. The fraction of sp³-hybridized carbons (Fsp3) is 0.304. The molecular weight excluding hydrogens is 407 g/mol. The number of rotatable bonds is 13. The molecular formula is C23H32ClFN2O3. The fourth-order valence-electron chi connectivity index (χ4n) is 1.35. The van der Waals surface area contributed by atoms with Crippen molar-refractivity contribution in [1.82, 2.24) is 10.6 Å². The summed E-state index contributed by atoms with van der Waals surface area (Å²) in [5.74, 6) is 0.149. The Balaban J connectivity index is 0. The lowest BCUT2D eigenvalue weighted by molar-refractivity contribution is -0.124. The van der Waals surface area contributed by atoms with Crippen molar-refractivity contribution in [1.29, 1.82) is 0 Å². The summed E-state index contributed by atoms with van der Waals surface area (Å²) < 4.78 is 17.1. The Bertz CT molecular complexity index is 695. The third-order valence-electron chi connectivity index (χ3n) is 3.16. The van der Waals surface area contributed by atoms with E-state index in [4.69, 9.17) is 16.3 Å². The van der Waals surface area contributed by atoms with E-state index in [2.05, 4.69) is 57.4 Å². The second kappa shape index (κ2) is 18.2. The van der Waals surface area contributed by atoms with E-state index in [9.17, 15) is 14.0 Å². The topological polar surface area (TPSA) is 67.4 Å². The minimum atomic E-state index is -0.452. The van der Waals surface area contributed by atoms with Crippen molar-refractivity contribution in [3.63, 3.8) is 0 Å². The molecule has 0 unspecified atom stereocenters. The van der Waals surface area contributed by atoms with Crippen LogP contribution in [-0.2, 0) is 14.3 Å². The summed E-state index contributed by atoms with van der Waals surface area (Å²) in [6, 6.07) is 0. The molecule has 30 heavy (non-hydrogen) atoms. The molecule has 0 fully saturated rings. The second-order valence-corrected chi connectivity index (χ2v) is 6.79. The monoisotopic (exact) mass is 438 g/mol. The Labute approximate surface area is 184 Å². The Morgan fingerprint density at radius 1 is 1.10 bits per heavy atom. The Hall–Kier alpha value is -2.86. The maximum absolute atomic E-state index is 12.0. The van der Waals surface area contributed by atoms with Crippen LogP contribution >= 0.6 is 11.6 Å². The van der Waals surface area contributed by atoms with E-state index in [1.807, 2.05) is 6.08 Å². The van der Waals surface area contributed by atoms with Crippen LogP contribution in [0.2, 0.25) is 0 Å². The summed E-state index contributed by atoms with van der Waals surface area (Å²) in [7, 11) is 0. The average molecular weight is 439 g/mol.